The Morgan fingerprint density at radius 2 is 1.65 bits per heavy atom. The van der Waals surface area contributed by atoms with Crippen molar-refractivity contribution in [1.82, 2.24) is 0 Å². The third-order valence-corrected chi connectivity index (χ3v) is 3.23. The van der Waals surface area contributed by atoms with E-state index in [2.05, 4.69) is 4.18 Å². The van der Waals surface area contributed by atoms with Gasteiger partial charge < -0.3 is 9.92 Å². The van der Waals surface area contributed by atoms with Gasteiger partial charge in [-0.2, -0.15) is 13.6 Å². The standard InChI is InChI=1S/C14H15FN4O3S/c15-11-3-5-12(6-4-11)19(17)9-14(16)10-1-7-13(8-2-10)22-23(18,20)21/h1-9H,16-17H2,(H2,18,20,21)/b14-9-. The molecule has 0 saturated carbocycles. The van der Waals surface area contributed by atoms with Crippen LogP contribution in [-0.4, -0.2) is 8.42 Å². The van der Waals surface area contributed by atoms with Gasteiger partial charge >= 0.3 is 10.3 Å². The molecular formula is C14H15FN4O3S. The summed E-state index contributed by atoms with van der Waals surface area (Å²) in [7, 11) is -4.07. The van der Waals surface area contributed by atoms with E-state index < -0.39 is 10.3 Å². The van der Waals surface area contributed by atoms with Crippen molar-refractivity contribution in [1.29, 1.82) is 0 Å². The molecule has 9 heteroatoms. The number of nitrogens with two attached hydrogens (primary N) is 3. The lowest BCUT2D eigenvalue weighted by atomic mass is 10.1. The lowest BCUT2D eigenvalue weighted by Crippen LogP contribution is -2.25. The van der Waals surface area contributed by atoms with Crippen LogP contribution in [0.1, 0.15) is 5.56 Å². The van der Waals surface area contributed by atoms with Crippen LogP contribution in [0, 0.1) is 5.82 Å². The van der Waals surface area contributed by atoms with Crippen molar-refractivity contribution >= 4 is 21.7 Å². The van der Waals surface area contributed by atoms with Gasteiger partial charge in [0.2, 0.25) is 0 Å². The molecule has 2 rings (SSSR count). The van der Waals surface area contributed by atoms with Crippen molar-refractivity contribution in [2.24, 2.45) is 16.7 Å². The maximum absolute atomic E-state index is 12.9. The van der Waals surface area contributed by atoms with Crippen molar-refractivity contribution in [3.63, 3.8) is 0 Å². The fourth-order valence-corrected chi connectivity index (χ4v) is 2.13. The molecule has 0 fully saturated rings. The number of hydrazine groups is 1. The molecule has 0 spiro atoms. The van der Waals surface area contributed by atoms with Crippen molar-refractivity contribution in [2.75, 3.05) is 5.01 Å². The molecule has 0 aliphatic carbocycles. The van der Waals surface area contributed by atoms with Crippen molar-refractivity contribution in [3.8, 4) is 5.75 Å². The predicted octanol–water partition coefficient (Wildman–Crippen LogP) is 1.05. The summed E-state index contributed by atoms with van der Waals surface area (Å²) in [4.78, 5) is 0. The van der Waals surface area contributed by atoms with Crippen LogP contribution < -0.4 is 25.9 Å². The third-order valence-electron chi connectivity index (χ3n) is 2.80. The highest BCUT2D eigenvalue weighted by Crippen LogP contribution is 2.18. The highest BCUT2D eigenvalue weighted by atomic mass is 32.2. The van der Waals surface area contributed by atoms with Crippen LogP contribution in [0.5, 0.6) is 5.75 Å². The topological polar surface area (TPSA) is 125 Å². The first kappa shape index (κ1) is 16.7. The largest absolute Gasteiger partial charge is 0.397 e. The second-order valence-corrected chi connectivity index (χ2v) is 5.72. The summed E-state index contributed by atoms with van der Waals surface area (Å²) in [5, 5.41) is 6.01. The van der Waals surface area contributed by atoms with Crippen LogP contribution in [0.25, 0.3) is 5.70 Å². The summed E-state index contributed by atoms with van der Waals surface area (Å²) in [5.41, 5.74) is 7.37. The number of anilines is 1. The molecule has 2 aromatic rings. The summed E-state index contributed by atoms with van der Waals surface area (Å²) in [6.07, 6.45) is 1.45. The van der Waals surface area contributed by atoms with E-state index in [9.17, 15) is 12.8 Å². The number of halogens is 1. The second-order valence-electron chi connectivity index (χ2n) is 4.57. The van der Waals surface area contributed by atoms with Gasteiger partial charge in [0, 0.05) is 6.20 Å². The Morgan fingerprint density at radius 1 is 1.09 bits per heavy atom. The van der Waals surface area contributed by atoms with Crippen LogP contribution in [0.3, 0.4) is 0 Å². The lowest BCUT2D eigenvalue weighted by molar-refractivity contribution is 0.488. The average Bonchev–Trinajstić information content (AvgIpc) is 2.46. The van der Waals surface area contributed by atoms with E-state index in [0.717, 1.165) is 0 Å². The number of benzene rings is 2. The Bertz CT molecular complexity index is 805. The number of rotatable bonds is 5. The molecule has 0 radical (unpaired) electrons. The van der Waals surface area contributed by atoms with Crippen LogP contribution in [0.4, 0.5) is 10.1 Å². The summed E-state index contributed by atoms with van der Waals surface area (Å²) < 4.78 is 39.0. The van der Waals surface area contributed by atoms with Gasteiger partial charge in [0.25, 0.3) is 0 Å². The predicted molar refractivity (Wildman–Crippen MR) is 85.4 cm³/mol. The number of nitrogens with zero attached hydrogens (tertiary/aromatic N) is 1. The van der Waals surface area contributed by atoms with Crippen molar-refractivity contribution in [3.05, 3.63) is 66.1 Å². The molecule has 122 valence electrons. The Kier molecular flexibility index (Phi) is 4.84. The van der Waals surface area contributed by atoms with Crippen LogP contribution in [-0.2, 0) is 10.3 Å². The van der Waals surface area contributed by atoms with Gasteiger partial charge in [-0.1, -0.05) is 0 Å². The molecule has 0 aliphatic heterocycles. The van der Waals surface area contributed by atoms with Gasteiger partial charge in [-0.3, -0.25) is 5.01 Å². The van der Waals surface area contributed by atoms with Crippen LogP contribution >= 0.6 is 0 Å². The maximum atomic E-state index is 12.9. The monoisotopic (exact) mass is 338 g/mol. The molecule has 0 heterocycles. The van der Waals surface area contributed by atoms with E-state index in [1.54, 1.807) is 12.1 Å². The molecule has 0 bridgehead atoms. The van der Waals surface area contributed by atoms with E-state index in [1.165, 1.54) is 47.6 Å². The Hall–Kier alpha value is -2.62. The zero-order valence-corrected chi connectivity index (χ0v) is 12.7. The molecule has 0 atom stereocenters. The summed E-state index contributed by atoms with van der Waals surface area (Å²) >= 11 is 0. The molecule has 0 unspecified atom stereocenters. The normalized spacial score (nSPS) is 12.0. The minimum Gasteiger partial charge on any atom is -0.397 e. The molecule has 0 aliphatic rings. The molecule has 6 N–H and O–H groups in total. The van der Waals surface area contributed by atoms with E-state index in [-0.39, 0.29) is 11.6 Å². The minimum atomic E-state index is -4.07. The molecule has 0 amide bonds. The molecule has 2 aromatic carbocycles. The molecule has 23 heavy (non-hydrogen) atoms. The Balaban J connectivity index is 2.15. The molecular weight excluding hydrogens is 323 g/mol. The molecule has 7 nitrogen and oxygen atoms in total. The van der Waals surface area contributed by atoms with Gasteiger partial charge in [0.05, 0.1) is 11.4 Å². The summed E-state index contributed by atoms with van der Waals surface area (Å²) in [6, 6.07) is 11.5. The highest BCUT2D eigenvalue weighted by Gasteiger charge is 2.06. The lowest BCUT2D eigenvalue weighted by Gasteiger charge is -2.15. The SMILES string of the molecule is N/C(=C\N(N)c1ccc(F)cc1)c1ccc(OS(N)(=O)=O)cc1. The number of hydrogen-bond donors (Lipinski definition) is 3. The van der Waals surface area contributed by atoms with Crippen molar-refractivity contribution < 1.29 is 17.0 Å². The van der Waals surface area contributed by atoms with E-state index in [1.807, 2.05) is 0 Å². The average molecular weight is 338 g/mol. The molecule has 0 saturated heterocycles. The zero-order chi connectivity index (χ0) is 17.0. The number of hydrogen-bond acceptors (Lipinski definition) is 6. The summed E-state index contributed by atoms with van der Waals surface area (Å²) in [6.45, 7) is 0. The van der Waals surface area contributed by atoms with Gasteiger partial charge in [0.15, 0.2) is 0 Å². The van der Waals surface area contributed by atoms with E-state index in [0.29, 0.717) is 16.9 Å². The fraction of sp³-hybridized carbons (Fsp3) is 0. The van der Waals surface area contributed by atoms with E-state index in [4.69, 9.17) is 16.7 Å². The van der Waals surface area contributed by atoms with Gasteiger partial charge in [-0.15, -0.1) is 0 Å². The highest BCUT2D eigenvalue weighted by molar-refractivity contribution is 7.84. The van der Waals surface area contributed by atoms with Gasteiger partial charge in [-0.25, -0.2) is 10.2 Å². The minimum absolute atomic E-state index is 0.0622. The van der Waals surface area contributed by atoms with Crippen LogP contribution in [0.15, 0.2) is 54.7 Å². The molecule has 0 aromatic heterocycles. The second kappa shape index (κ2) is 6.65. The zero-order valence-electron chi connectivity index (χ0n) is 11.9. The first-order chi connectivity index (χ1) is 10.7. The third kappa shape index (κ3) is 4.95. The first-order valence-electron chi connectivity index (χ1n) is 6.34. The Labute approximate surface area is 133 Å². The van der Waals surface area contributed by atoms with Gasteiger partial charge in [0.1, 0.15) is 11.6 Å². The summed E-state index contributed by atoms with van der Waals surface area (Å²) in [5.74, 6) is 5.52. The Morgan fingerprint density at radius 3 is 2.17 bits per heavy atom. The quantitative estimate of drug-likeness (QED) is 0.553. The smallest absolute Gasteiger partial charge is 0.380 e. The van der Waals surface area contributed by atoms with E-state index >= 15 is 0 Å². The first-order valence-corrected chi connectivity index (χ1v) is 7.81. The van der Waals surface area contributed by atoms with Crippen LogP contribution in [0.2, 0.25) is 0 Å². The van der Waals surface area contributed by atoms with Gasteiger partial charge in [-0.05, 0) is 54.1 Å². The fourth-order valence-electron chi connectivity index (χ4n) is 1.75. The maximum Gasteiger partial charge on any atom is 0.380 e. The van der Waals surface area contributed by atoms with Crippen molar-refractivity contribution in [2.45, 2.75) is 0 Å².